The van der Waals surface area contributed by atoms with E-state index in [1.54, 1.807) is 18.7 Å². The van der Waals surface area contributed by atoms with E-state index in [0.29, 0.717) is 37.6 Å². The number of nitrogens with one attached hydrogen (secondary N) is 1. The summed E-state index contributed by atoms with van der Waals surface area (Å²) >= 11 is 0. The predicted molar refractivity (Wildman–Crippen MR) is 94.3 cm³/mol. The largest absolute Gasteiger partial charge is 0.355 e. The Morgan fingerprint density at radius 3 is 2.77 bits per heavy atom. The maximum Gasteiger partial charge on any atom is 0.312 e. The van der Waals surface area contributed by atoms with Crippen molar-refractivity contribution in [3.05, 3.63) is 21.5 Å². The van der Waals surface area contributed by atoms with Crippen LogP contribution in [0, 0.1) is 29.9 Å². The summed E-state index contributed by atoms with van der Waals surface area (Å²) in [6, 6.07) is 0. The Labute approximate surface area is 151 Å². The zero-order valence-electron chi connectivity index (χ0n) is 15.2. The normalized spacial score (nSPS) is 17.2. The molecule has 0 saturated carbocycles. The number of hydrogen-bond donors (Lipinski definition) is 2. The van der Waals surface area contributed by atoms with Gasteiger partial charge in [0.25, 0.3) is 0 Å². The van der Waals surface area contributed by atoms with Gasteiger partial charge in [-0.05, 0) is 26.7 Å². The van der Waals surface area contributed by atoms with Crippen LogP contribution >= 0.6 is 0 Å². The second-order valence-electron chi connectivity index (χ2n) is 6.51. The molecule has 0 bridgehead atoms. The van der Waals surface area contributed by atoms with Crippen LogP contribution in [0.15, 0.2) is 0 Å². The monoisotopic (exact) mass is 366 g/mol. The molecule has 1 aliphatic heterocycles. The molecule has 2 rings (SSSR count). The fraction of sp³-hybridized carbons (Fsp3) is 0.688. The third-order valence-electron chi connectivity index (χ3n) is 4.65. The van der Waals surface area contributed by atoms with Gasteiger partial charge < -0.3 is 16.0 Å². The molecule has 0 aliphatic carbocycles. The summed E-state index contributed by atoms with van der Waals surface area (Å²) in [6.07, 6.45) is 1.72. The first-order valence-corrected chi connectivity index (χ1v) is 8.79. The molecule has 1 atom stereocenters. The number of amides is 2. The van der Waals surface area contributed by atoms with Crippen molar-refractivity contribution in [3.8, 4) is 0 Å². The zero-order valence-corrected chi connectivity index (χ0v) is 15.2. The summed E-state index contributed by atoms with van der Waals surface area (Å²) < 4.78 is 1.50. The molecule has 1 aromatic heterocycles. The van der Waals surface area contributed by atoms with E-state index in [-0.39, 0.29) is 36.4 Å². The molecule has 144 valence electrons. The lowest BCUT2D eigenvalue weighted by molar-refractivity contribution is -0.386. The van der Waals surface area contributed by atoms with Gasteiger partial charge in [0.05, 0.1) is 17.4 Å². The molecule has 2 amide bonds. The van der Waals surface area contributed by atoms with Crippen molar-refractivity contribution in [3.63, 3.8) is 0 Å². The van der Waals surface area contributed by atoms with E-state index >= 15 is 0 Å². The molecule has 1 aliphatic rings. The van der Waals surface area contributed by atoms with Gasteiger partial charge in [-0.15, -0.1) is 0 Å². The number of rotatable bonds is 7. The third-order valence-corrected chi connectivity index (χ3v) is 4.65. The lowest BCUT2D eigenvalue weighted by Gasteiger charge is -2.32. The van der Waals surface area contributed by atoms with E-state index in [0.717, 1.165) is 12.8 Å². The van der Waals surface area contributed by atoms with Crippen LogP contribution in [0.1, 0.15) is 30.7 Å². The highest BCUT2D eigenvalue weighted by Crippen LogP contribution is 2.22. The van der Waals surface area contributed by atoms with Crippen molar-refractivity contribution >= 4 is 17.5 Å². The summed E-state index contributed by atoms with van der Waals surface area (Å²) in [5.41, 5.74) is 6.17. The van der Waals surface area contributed by atoms with Gasteiger partial charge in [-0.25, -0.2) is 0 Å². The van der Waals surface area contributed by atoms with Crippen LogP contribution in [0.25, 0.3) is 0 Å². The number of nitrogens with two attached hydrogens (primary N) is 1. The van der Waals surface area contributed by atoms with Crippen LogP contribution in [0.5, 0.6) is 0 Å². The second kappa shape index (κ2) is 8.75. The Morgan fingerprint density at radius 2 is 2.15 bits per heavy atom. The molecule has 26 heavy (non-hydrogen) atoms. The molecule has 3 N–H and O–H groups in total. The number of aromatic nitrogens is 2. The van der Waals surface area contributed by atoms with Crippen molar-refractivity contribution in [2.45, 2.75) is 39.7 Å². The number of likely N-dealkylation sites (tertiary alicyclic amines) is 1. The maximum absolute atomic E-state index is 12.5. The minimum absolute atomic E-state index is 0.00735. The highest BCUT2D eigenvalue weighted by Gasteiger charge is 2.28. The van der Waals surface area contributed by atoms with E-state index < -0.39 is 4.92 Å². The highest BCUT2D eigenvalue weighted by molar-refractivity contribution is 5.81. The molecule has 10 heteroatoms. The van der Waals surface area contributed by atoms with Gasteiger partial charge in [-0.1, -0.05) is 0 Å². The number of carbonyl (C=O) groups excluding carboxylic acids is 2. The van der Waals surface area contributed by atoms with Crippen molar-refractivity contribution in [2.24, 2.45) is 11.7 Å². The number of nitro groups is 1. The van der Waals surface area contributed by atoms with Crippen LogP contribution in [0.4, 0.5) is 5.69 Å². The molecule has 10 nitrogen and oxygen atoms in total. The maximum atomic E-state index is 12.5. The van der Waals surface area contributed by atoms with Gasteiger partial charge in [-0.2, -0.15) is 5.10 Å². The van der Waals surface area contributed by atoms with Crippen LogP contribution in [-0.4, -0.2) is 57.6 Å². The van der Waals surface area contributed by atoms with E-state index in [9.17, 15) is 19.7 Å². The molecule has 1 saturated heterocycles. The van der Waals surface area contributed by atoms with E-state index in [1.807, 2.05) is 0 Å². The molecular weight excluding hydrogens is 340 g/mol. The van der Waals surface area contributed by atoms with Crippen LogP contribution in [-0.2, 0) is 16.1 Å². The molecular formula is C16H26N6O4. The molecule has 0 spiro atoms. The molecule has 1 fully saturated rings. The Balaban J connectivity index is 1.92. The van der Waals surface area contributed by atoms with Crippen LogP contribution in [0.2, 0.25) is 0 Å². The van der Waals surface area contributed by atoms with Crippen LogP contribution in [0.3, 0.4) is 0 Å². The zero-order chi connectivity index (χ0) is 19.3. The number of carbonyl (C=O) groups is 2. The SMILES string of the molecule is Cc1nn(CCC(=O)N2CCCC(C(=O)NCCN)C2)c(C)c1[N+](=O)[O-]. The lowest BCUT2D eigenvalue weighted by Crippen LogP contribution is -2.46. The van der Waals surface area contributed by atoms with Gasteiger partial charge in [0, 0.05) is 32.6 Å². The first-order valence-electron chi connectivity index (χ1n) is 8.79. The van der Waals surface area contributed by atoms with E-state index in [2.05, 4.69) is 10.4 Å². The first kappa shape index (κ1) is 19.8. The Kier molecular flexibility index (Phi) is 6.67. The predicted octanol–water partition coefficient (Wildman–Crippen LogP) is 0.112. The fourth-order valence-corrected chi connectivity index (χ4v) is 3.29. The molecule has 0 radical (unpaired) electrons. The summed E-state index contributed by atoms with van der Waals surface area (Å²) in [6.45, 7) is 5.32. The van der Waals surface area contributed by atoms with Crippen molar-refractivity contribution in [1.82, 2.24) is 20.0 Å². The minimum atomic E-state index is -0.453. The fourth-order valence-electron chi connectivity index (χ4n) is 3.29. The van der Waals surface area contributed by atoms with Gasteiger partial charge in [-0.3, -0.25) is 24.4 Å². The first-order chi connectivity index (χ1) is 12.3. The second-order valence-corrected chi connectivity index (χ2v) is 6.51. The minimum Gasteiger partial charge on any atom is -0.355 e. The summed E-state index contributed by atoms with van der Waals surface area (Å²) in [5, 5.41) is 18.0. The molecule has 2 heterocycles. The van der Waals surface area contributed by atoms with Gasteiger partial charge in [0.1, 0.15) is 11.4 Å². The Bertz CT molecular complexity index is 687. The van der Waals surface area contributed by atoms with Crippen molar-refractivity contribution < 1.29 is 14.5 Å². The number of hydrogen-bond acceptors (Lipinski definition) is 6. The standard InChI is InChI=1S/C16H26N6O4/c1-11-15(22(25)26)12(2)21(19-11)9-5-14(23)20-8-3-4-13(10-20)16(24)18-7-6-17/h13H,3-10,17H2,1-2H3,(H,18,24). The molecule has 1 aromatic rings. The molecule has 1 unspecified atom stereocenters. The smallest absolute Gasteiger partial charge is 0.312 e. The lowest BCUT2D eigenvalue weighted by atomic mass is 9.97. The summed E-state index contributed by atoms with van der Waals surface area (Å²) in [4.78, 5) is 36.8. The quantitative estimate of drug-likeness (QED) is 0.519. The van der Waals surface area contributed by atoms with Gasteiger partial charge in [0.2, 0.25) is 11.8 Å². The molecule has 0 aromatic carbocycles. The number of aryl methyl sites for hydroxylation is 2. The van der Waals surface area contributed by atoms with E-state index in [4.69, 9.17) is 5.73 Å². The topological polar surface area (TPSA) is 136 Å². The summed E-state index contributed by atoms with van der Waals surface area (Å²) in [7, 11) is 0. The third kappa shape index (κ3) is 4.57. The number of nitrogens with zero attached hydrogens (tertiary/aromatic N) is 4. The average molecular weight is 366 g/mol. The summed E-state index contributed by atoms with van der Waals surface area (Å²) in [5.74, 6) is -0.354. The van der Waals surface area contributed by atoms with Gasteiger partial charge >= 0.3 is 5.69 Å². The van der Waals surface area contributed by atoms with Crippen molar-refractivity contribution in [2.75, 3.05) is 26.2 Å². The van der Waals surface area contributed by atoms with Gasteiger partial charge in [0.15, 0.2) is 0 Å². The van der Waals surface area contributed by atoms with Crippen molar-refractivity contribution in [1.29, 1.82) is 0 Å². The average Bonchev–Trinajstić information content (AvgIpc) is 2.91. The highest BCUT2D eigenvalue weighted by atomic mass is 16.6. The number of piperidine rings is 1. The Hall–Kier alpha value is -2.49. The van der Waals surface area contributed by atoms with Crippen LogP contribution < -0.4 is 11.1 Å². The van der Waals surface area contributed by atoms with E-state index in [1.165, 1.54) is 4.68 Å². The Morgan fingerprint density at radius 1 is 1.42 bits per heavy atom.